The van der Waals surface area contributed by atoms with Crippen molar-refractivity contribution in [1.29, 1.82) is 0 Å². The van der Waals surface area contributed by atoms with Gasteiger partial charge in [0.05, 0.1) is 12.7 Å². The minimum Gasteiger partial charge on any atom is -0.496 e. The van der Waals surface area contributed by atoms with E-state index in [0.717, 1.165) is 0 Å². The van der Waals surface area contributed by atoms with Gasteiger partial charge in [0, 0.05) is 5.56 Å². The summed E-state index contributed by atoms with van der Waals surface area (Å²) in [6.45, 7) is 1.03. The molecule has 0 N–H and O–H groups in total. The maximum atomic E-state index is 12.5. The van der Waals surface area contributed by atoms with Gasteiger partial charge in [-0.15, -0.1) is 0 Å². The average Bonchev–Trinajstić information content (AvgIpc) is 2.53. The Morgan fingerprint density at radius 3 is 2.60 bits per heavy atom. The predicted octanol–water partition coefficient (Wildman–Crippen LogP) is 2.70. The summed E-state index contributed by atoms with van der Waals surface area (Å²) in [5.74, 6) is 1.75. The van der Waals surface area contributed by atoms with Crippen molar-refractivity contribution in [3.8, 4) is 17.2 Å². The lowest BCUT2D eigenvalue weighted by molar-refractivity contribution is 0.103. The van der Waals surface area contributed by atoms with Gasteiger partial charge in [-0.2, -0.15) is 0 Å². The van der Waals surface area contributed by atoms with Gasteiger partial charge in [0.15, 0.2) is 17.3 Å². The molecular formula is C16H14O4. The number of carbonyl (C=O) groups excluding carboxylic acids is 1. The maximum Gasteiger partial charge on any atom is 0.196 e. The van der Waals surface area contributed by atoms with Gasteiger partial charge in [0.1, 0.15) is 19.0 Å². The third-order valence-corrected chi connectivity index (χ3v) is 3.16. The summed E-state index contributed by atoms with van der Waals surface area (Å²) in [6.07, 6.45) is 0. The van der Waals surface area contributed by atoms with Crippen LogP contribution in [0, 0.1) is 0 Å². The molecule has 0 bridgehead atoms. The van der Waals surface area contributed by atoms with E-state index in [2.05, 4.69) is 0 Å². The fourth-order valence-electron chi connectivity index (χ4n) is 2.17. The van der Waals surface area contributed by atoms with E-state index < -0.39 is 0 Å². The van der Waals surface area contributed by atoms with E-state index in [1.54, 1.807) is 37.4 Å². The molecule has 0 amide bonds. The largest absolute Gasteiger partial charge is 0.496 e. The van der Waals surface area contributed by atoms with E-state index in [-0.39, 0.29) is 5.78 Å². The number of rotatable bonds is 3. The van der Waals surface area contributed by atoms with Crippen molar-refractivity contribution in [2.75, 3.05) is 20.3 Å². The van der Waals surface area contributed by atoms with Crippen molar-refractivity contribution in [3.05, 3.63) is 53.6 Å². The number of para-hydroxylation sites is 1. The number of ether oxygens (including phenoxy) is 3. The predicted molar refractivity (Wildman–Crippen MR) is 73.9 cm³/mol. The fraction of sp³-hybridized carbons (Fsp3) is 0.188. The summed E-state index contributed by atoms with van der Waals surface area (Å²) in [4.78, 5) is 12.5. The van der Waals surface area contributed by atoms with Crippen LogP contribution in [0.2, 0.25) is 0 Å². The van der Waals surface area contributed by atoms with E-state index in [1.165, 1.54) is 0 Å². The Bertz CT molecular complexity index is 649. The van der Waals surface area contributed by atoms with Gasteiger partial charge >= 0.3 is 0 Å². The number of benzene rings is 2. The van der Waals surface area contributed by atoms with Crippen LogP contribution in [0.4, 0.5) is 0 Å². The zero-order valence-corrected chi connectivity index (χ0v) is 11.1. The number of hydrogen-bond donors (Lipinski definition) is 0. The molecule has 2 aromatic carbocycles. The van der Waals surface area contributed by atoms with Crippen LogP contribution in [0.25, 0.3) is 0 Å². The van der Waals surface area contributed by atoms with Crippen molar-refractivity contribution >= 4 is 5.78 Å². The summed E-state index contributed by atoms with van der Waals surface area (Å²) in [5, 5.41) is 0. The van der Waals surface area contributed by atoms with Crippen LogP contribution in [0.3, 0.4) is 0 Å². The minimum absolute atomic E-state index is 0.0978. The average molecular weight is 270 g/mol. The minimum atomic E-state index is -0.0978. The lowest BCUT2D eigenvalue weighted by Gasteiger charge is -2.18. The summed E-state index contributed by atoms with van der Waals surface area (Å²) >= 11 is 0. The van der Waals surface area contributed by atoms with Crippen LogP contribution in [-0.4, -0.2) is 26.1 Å². The van der Waals surface area contributed by atoms with Crippen molar-refractivity contribution in [2.45, 2.75) is 0 Å². The number of ketones is 1. The van der Waals surface area contributed by atoms with Crippen molar-refractivity contribution < 1.29 is 19.0 Å². The Labute approximate surface area is 116 Å². The second-order valence-electron chi connectivity index (χ2n) is 4.39. The molecule has 0 aliphatic carbocycles. The van der Waals surface area contributed by atoms with Gasteiger partial charge in [0.25, 0.3) is 0 Å². The molecular weight excluding hydrogens is 256 g/mol. The Hall–Kier alpha value is -2.49. The first-order valence-corrected chi connectivity index (χ1v) is 6.37. The number of methoxy groups -OCH3 is 1. The molecule has 102 valence electrons. The van der Waals surface area contributed by atoms with Gasteiger partial charge in [-0.1, -0.05) is 12.1 Å². The van der Waals surface area contributed by atoms with E-state index in [4.69, 9.17) is 14.2 Å². The fourth-order valence-corrected chi connectivity index (χ4v) is 2.17. The first-order valence-electron chi connectivity index (χ1n) is 6.37. The highest BCUT2D eigenvalue weighted by atomic mass is 16.6. The van der Waals surface area contributed by atoms with E-state index in [0.29, 0.717) is 41.6 Å². The van der Waals surface area contributed by atoms with Gasteiger partial charge in [-0.05, 0) is 30.3 Å². The summed E-state index contributed by atoms with van der Waals surface area (Å²) < 4.78 is 16.2. The highest BCUT2D eigenvalue weighted by Crippen LogP contribution is 2.32. The van der Waals surface area contributed by atoms with Crippen LogP contribution >= 0.6 is 0 Å². The standard InChI is InChI=1S/C16H14O4/c1-18-13-5-3-2-4-12(13)16(17)11-6-7-14-15(10-11)20-9-8-19-14/h2-7,10H,8-9H2,1H3. The molecule has 1 aliphatic rings. The summed E-state index contributed by atoms with van der Waals surface area (Å²) in [7, 11) is 1.55. The lowest BCUT2D eigenvalue weighted by Crippen LogP contribution is -2.16. The van der Waals surface area contributed by atoms with Gasteiger partial charge < -0.3 is 14.2 Å². The van der Waals surface area contributed by atoms with E-state index in [1.807, 2.05) is 12.1 Å². The first-order chi connectivity index (χ1) is 9.79. The molecule has 4 heteroatoms. The third kappa shape index (κ3) is 2.20. The monoisotopic (exact) mass is 270 g/mol. The molecule has 0 saturated heterocycles. The van der Waals surface area contributed by atoms with E-state index >= 15 is 0 Å². The molecule has 2 aromatic rings. The smallest absolute Gasteiger partial charge is 0.196 e. The molecule has 0 saturated carbocycles. The molecule has 0 fully saturated rings. The maximum absolute atomic E-state index is 12.5. The zero-order valence-electron chi connectivity index (χ0n) is 11.1. The molecule has 0 atom stereocenters. The van der Waals surface area contributed by atoms with Crippen LogP contribution in [0.5, 0.6) is 17.2 Å². The topological polar surface area (TPSA) is 44.8 Å². The molecule has 4 nitrogen and oxygen atoms in total. The summed E-state index contributed by atoms with van der Waals surface area (Å²) in [5.41, 5.74) is 1.09. The van der Waals surface area contributed by atoms with Crippen LogP contribution in [0.1, 0.15) is 15.9 Å². The quantitative estimate of drug-likeness (QED) is 0.804. The number of hydrogen-bond acceptors (Lipinski definition) is 4. The third-order valence-electron chi connectivity index (χ3n) is 3.16. The summed E-state index contributed by atoms with van der Waals surface area (Å²) in [6, 6.07) is 12.4. The highest BCUT2D eigenvalue weighted by Gasteiger charge is 2.18. The Morgan fingerprint density at radius 2 is 1.80 bits per heavy atom. The lowest BCUT2D eigenvalue weighted by atomic mass is 10.0. The molecule has 20 heavy (non-hydrogen) atoms. The van der Waals surface area contributed by atoms with Crippen molar-refractivity contribution in [3.63, 3.8) is 0 Å². The molecule has 1 aliphatic heterocycles. The van der Waals surface area contributed by atoms with Crippen molar-refractivity contribution in [2.24, 2.45) is 0 Å². The van der Waals surface area contributed by atoms with Gasteiger partial charge in [0.2, 0.25) is 0 Å². The molecule has 1 heterocycles. The van der Waals surface area contributed by atoms with E-state index in [9.17, 15) is 4.79 Å². The number of fused-ring (bicyclic) bond motifs is 1. The zero-order chi connectivity index (χ0) is 13.9. The van der Waals surface area contributed by atoms with Gasteiger partial charge in [-0.3, -0.25) is 4.79 Å². The molecule has 0 aromatic heterocycles. The second kappa shape index (κ2) is 5.25. The molecule has 3 rings (SSSR count). The van der Waals surface area contributed by atoms with Crippen molar-refractivity contribution in [1.82, 2.24) is 0 Å². The number of carbonyl (C=O) groups is 1. The molecule has 0 radical (unpaired) electrons. The van der Waals surface area contributed by atoms with Crippen LogP contribution in [0.15, 0.2) is 42.5 Å². The molecule has 0 unspecified atom stereocenters. The SMILES string of the molecule is COc1ccccc1C(=O)c1ccc2c(c1)OCCO2. The Kier molecular flexibility index (Phi) is 3.29. The van der Waals surface area contributed by atoms with Crippen LogP contribution in [-0.2, 0) is 0 Å². The van der Waals surface area contributed by atoms with Crippen LogP contribution < -0.4 is 14.2 Å². The van der Waals surface area contributed by atoms with Gasteiger partial charge in [-0.25, -0.2) is 0 Å². The highest BCUT2D eigenvalue weighted by molar-refractivity contribution is 6.11. The second-order valence-corrected chi connectivity index (χ2v) is 4.39. The first kappa shape index (κ1) is 12.5. The Morgan fingerprint density at radius 1 is 1.05 bits per heavy atom. The molecule has 0 spiro atoms. The Balaban J connectivity index is 1.98. The normalized spacial score (nSPS) is 12.8.